The van der Waals surface area contributed by atoms with Crippen LogP contribution in [0.25, 0.3) is 28.2 Å². The Morgan fingerprint density at radius 3 is 2.45 bits per heavy atom. The molecule has 7 rings (SSSR count). The van der Waals surface area contributed by atoms with Gasteiger partial charge in [-0.25, -0.2) is 4.79 Å². The highest BCUT2D eigenvalue weighted by molar-refractivity contribution is 6.16. The Bertz CT molecular complexity index is 2190. The van der Waals surface area contributed by atoms with Gasteiger partial charge in [0.15, 0.2) is 5.76 Å². The number of likely N-dealkylation sites (N-methyl/N-ethyl adjacent to an activating group) is 1. The Labute approximate surface area is 296 Å². The van der Waals surface area contributed by atoms with Crippen LogP contribution in [0.2, 0.25) is 0 Å². The van der Waals surface area contributed by atoms with Crippen LogP contribution in [-0.4, -0.2) is 82.6 Å². The number of benzene rings is 3. The number of aromatic amines is 1. The number of carbonyl (C=O) groups excluding carboxylic acids is 3. The number of fused-ring (bicyclic) bond motifs is 2. The first kappa shape index (κ1) is 33.6. The van der Waals surface area contributed by atoms with Crippen LogP contribution < -0.4 is 20.1 Å². The molecule has 2 aliphatic heterocycles. The molecule has 4 heterocycles. The molecule has 0 saturated carbocycles. The highest BCUT2D eigenvalue weighted by Gasteiger charge is 2.29. The molecule has 12 heteroatoms. The molecule has 0 aliphatic carbocycles. The number of ether oxygens (including phenoxy) is 2. The number of H-pyrrole nitrogens is 1. The summed E-state index contributed by atoms with van der Waals surface area (Å²) in [6.45, 7) is 7.67. The standard InChI is InChI=1S/C39H41N7O5/c1-23-35(24(2)45(4)43-23)36-30(29-21-28(50-5)13-14-32(29)42-36)22-34-37(47)31-20-27(12-15-33(31)51-34)41-39(49)40-26-10-8-25(9-11-26)38(48)44(3)18-19-46-16-6-7-17-46/h8-15,20-22,42H,6-7,16-19H2,1-5H3,(H2,40,41,49). The van der Waals surface area contributed by atoms with Gasteiger partial charge in [0.1, 0.15) is 11.5 Å². The normalized spacial score (nSPS) is 14.9. The summed E-state index contributed by atoms with van der Waals surface area (Å²) in [7, 11) is 5.32. The highest BCUT2D eigenvalue weighted by Crippen LogP contribution is 2.39. The fourth-order valence-electron chi connectivity index (χ4n) is 6.81. The zero-order valence-electron chi connectivity index (χ0n) is 29.4. The molecule has 2 aliphatic rings. The number of aryl methyl sites for hydroxylation is 2. The number of allylic oxidation sites excluding steroid dienone is 1. The zero-order chi connectivity index (χ0) is 35.8. The van der Waals surface area contributed by atoms with Crippen molar-refractivity contribution in [3.63, 3.8) is 0 Å². The molecular weight excluding hydrogens is 646 g/mol. The molecule has 3 aromatic carbocycles. The molecule has 2 aromatic heterocycles. The van der Waals surface area contributed by atoms with E-state index in [0.717, 1.165) is 58.7 Å². The molecule has 0 radical (unpaired) electrons. The maximum Gasteiger partial charge on any atom is 0.323 e. The van der Waals surface area contributed by atoms with Gasteiger partial charge in [-0.3, -0.25) is 14.3 Å². The number of aromatic nitrogens is 3. The van der Waals surface area contributed by atoms with Gasteiger partial charge >= 0.3 is 6.03 Å². The van der Waals surface area contributed by atoms with Gasteiger partial charge in [0.2, 0.25) is 5.78 Å². The second-order valence-electron chi connectivity index (χ2n) is 13.1. The molecule has 0 bridgehead atoms. The van der Waals surface area contributed by atoms with E-state index in [9.17, 15) is 14.4 Å². The first-order valence-corrected chi connectivity index (χ1v) is 17.0. The van der Waals surface area contributed by atoms with E-state index in [2.05, 4.69) is 25.6 Å². The molecule has 3 N–H and O–H groups in total. The fraction of sp³-hybridized carbons (Fsp3) is 0.282. The largest absolute Gasteiger partial charge is 0.497 e. The minimum absolute atomic E-state index is 0.0633. The van der Waals surface area contributed by atoms with Crippen molar-refractivity contribution in [3.05, 3.63) is 94.5 Å². The monoisotopic (exact) mass is 687 g/mol. The number of hydrogen-bond acceptors (Lipinski definition) is 7. The van der Waals surface area contributed by atoms with Gasteiger partial charge in [0.25, 0.3) is 5.91 Å². The number of hydrogen-bond donors (Lipinski definition) is 3. The lowest BCUT2D eigenvalue weighted by atomic mass is 10.0. The second-order valence-corrected chi connectivity index (χ2v) is 13.1. The Kier molecular flexibility index (Phi) is 9.09. The van der Waals surface area contributed by atoms with E-state index in [1.165, 1.54) is 12.8 Å². The average molecular weight is 688 g/mol. The maximum atomic E-state index is 13.7. The summed E-state index contributed by atoms with van der Waals surface area (Å²) in [6, 6.07) is 17.0. The van der Waals surface area contributed by atoms with Crippen LogP contribution in [0.15, 0.2) is 66.4 Å². The lowest BCUT2D eigenvalue weighted by Gasteiger charge is -2.21. The maximum absolute atomic E-state index is 13.7. The highest BCUT2D eigenvalue weighted by atomic mass is 16.5. The van der Waals surface area contributed by atoms with E-state index in [1.807, 2.05) is 50.8 Å². The van der Waals surface area contributed by atoms with Crippen LogP contribution in [0, 0.1) is 13.8 Å². The Hall–Kier alpha value is -5.88. The Morgan fingerprint density at radius 1 is 1.02 bits per heavy atom. The molecule has 0 atom stereocenters. The lowest BCUT2D eigenvalue weighted by molar-refractivity contribution is 0.0782. The Balaban J connectivity index is 1.05. The van der Waals surface area contributed by atoms with Crippen molar-refractivity contribution in [2.24, 2.45) is 7.05 Å². The first-order valence-electron chi connectivity index (χ1n) is 17.0. The molecule has 1 fully saturated rings. The van der Waals surface area contributed by atoms with Crippen molar-refractivity contribution in [2.75, 3.05) is 51.0 Å². The summed E-state index contributed by atoms with van der Waals surface area (Å²) in [5, 5.41) is 11.1. The van der Waals surface area contributed by atoms with Gasteiger partial charge in [-0.1, -0.05) is 0 Å². The SMILES string of the molecule is COc1ccc2[nH]c(-c3c(C)nn(C)c3C)c(C=C3Oc4ccc(NC(=O)Nc5ccc(C(=O)N(C)CCN6CCCC6)cc5)cc4C3=O)c2c1. The summed E-state index contributed by atoms with van der Waals surface area (Å²) in [6.07, 6.45) is 4.18. The number of nitrogens with one attached hydrogen (secondary N) is 3. The van der Waals surface area contributed by atoms with Crippen LogP contribution in [0.4, 0.5) is 16.2 Å². The van der Waals surface area contributed by atoms with Crippen molar-refractivity contribution < 1.29 is 23.9 Å². The number of urea groups is 1. The smallest absolute Gasteiger partial charge is 0.323 e. The molecule has 262 valence electrons. The summed E-state index contributed by atoms with van der Waals surface area (Å²) >= 11 is 0. The predicted octanol–water partition coefficient (Wildman–Crippen LogP) is 6.62. The molecule has 12 nitrogen and oxygen atoms in total. The van der Waals surface area contributed by atoms with Gasteiger partial charge in [-0.2, -0.15) is 5.10 Å². The number of likely N-dealkylation sites (tertiary alicyclic amines) is 1. The van der Waals surface area contributed by atoms with Gasteiger partial charge < -0.3 is 34.9 Å². The Morgan fingerprint density at radius 2 is 1.75 bits per heavy atom. The van der Waals surface area contributed by atoms with Gasteiger partial charge in [0.05, 0.1) is 24.1 Å². The van der Waals surface area contributed by atoms with E-state index >= 15 is 0 Å². The third kappa shape index (κ3) is 6.70. The van der Waals surface area contributed by atoms with E-state index in [-0.39, 0.29) is 17.4 Å². The van der Waals surface area contributed by atoms with Crippen LogP contribution in [0.1, 0.15) is 50.5 Å². The third-order valence-electron chi connectivity index (χ3n) is 9.69. The minimum atomic E-state index is -0.488. The van der Waals surface area contributed by atoms with Crippen LogP contribution in [0.5, 0.6) is 11.5 Å². The van der Waals surface area contributed by atoms with Crippen LogP contribution in [-0.2, 0) is 7.05 Å². The molecule has 0 unspecified atom stereocenters. The molecule has 1 saturated heterocycles. The van der Waals surface area contributed by atoms with Gasteiger partial charge in [0, 0.05) is 71.8 Å². The van der Waals surface area contributed by atoms with E-state index in [1.54, 1.807) is 60.6 Å². The quantitative estimate of drug-likeness (QED) is 0.148. The van der Waals surface area contributed by atoms with Crippen molar-refractivity contribution in [3.8, 4) is 22.8 Å². The van der Waals surface area contributed by atoms with Crippen molar-refractivity contribution in [1.29, 1.82) is 0 Å². The summed E-state index contributed by atoms with van der Waals surface area (Å²) in [5.74, 6) is 0.875. The number of ketones is 1. The number of rotatable bonds is 9. The first-order chi connectivity index (χ1) is 24.6. The minimum Gasteiger partial charge on any atom is -0.497 e. The number of nitrogens with zero attached hydrogens (tertiary/aromatic N) is 4. The number of amides is 3. The van der Waals surface area contributed by atoms with Crippen molar-refractivity contribution in [1.82, 2.24) is 24.6 Å². The molecular formula is C39H41N7O5. The van der Waals surface area contributed by atoms with Crippen molar-refractivity contribution in [2.45, 2.75) is 26.7 Å². The summed E-state index contributed by atoms with van der Waals surface area (Å²) in [4.78, 5) is 47.2. The number of methoxy groups -OCH3 is 1. The average Bonchev–Trinajstić information content (AvgIpc) is 3.90. The fourth-order valence-corrected chi connectivity index (χ4v) is 6.81. The topological polar surface area (TPSA) is 134 Å². The van der Waals surface area contributed by atoms with Crippen molar-refractivity contribution >= 4 is 46.1 Å². The van der Waals surface area contributed by atoms with Gasteiger partial charge in [-0.15, -0.1) is 0 Å². The molecule has 51 heavy (non-hydrogen) atoms. The molecule has 0 spiro atoms. The van der Waals surface area contributed by atoms with Crippen LogP contribution in [0.3, 0.4) is 0 Å². The lowest BCUT2D eigenvalue weighted by Crippen LogP contribution is -2.35. The second kappa shape index (κ2) is 13.8. The van der Waals surface area contributed by atoms with E-state index < -0.39 is 6.03 Å². The molecule has 5 aromatic rings. The van der Waals surface area contributed by atoms with Crippen LogP contribution >= 0.6 is 0 Å². The number of carbonyl (C=O) groups is 3. The summed E-state index contributed by atoms with van der Waals surface area (Å²) in [5.41, 5.74) is 7.09. The summed E-state index contributed by atoms with van der Waals surface area (Å²) < 4.78 is 13.4. The van der Waals surface area contributed by atoms with Gasteiger partial charge in [-0.05, 0) is 107 Å². The molecule has 3 amide bonds. The van der Waals surface area contributed by atoms with E-state index in [4.69, 9.17) is 9.47 Å². The zero-order valence-corrected chi connectivity index (χ0v) is 29.4. The number of Topliss-reactive ketones (excluding diaryl/α,β-unsaturated/α-hetero) is 1. The van der Waals surface area contributed by atoms with E-state index in [0.29, 0.717) is 40.5 Å². The number of anilines is 2. The predicted molar refractivity (Wildman–Crippen MR) is 198 cm³/mol. The third-order valence-corrected chi connectivity index (χ3v) is 9.69.